The maximum absolute atomic E-state index is 11.6. The molecule has 8 heteroatoms. The molecule has 1 aliphatic heterocycles. The smallest absolute Gasteiger partial charge is 0.331 e. The highest BCUT2D eigenvalue weighted by molar-refractivity contribution is 5.83. The molecule has 0 aromatic rings. The van der Waals surface area contributed by atoms with Crippen molar-refractivity contribution in [1.82, 2.24) is 5.32 Å². The molecule has 2 rings (SSSR count). The molecule has 190 valence electrons. The molecule has 1 fully saturated rings. The second-order valence-corrected chi connectivity index (χ2v) is 9.17. The van der Waals surface area contributed by atoms with Gasteiger partial charge in [0.05, 0.1) is 18.3 Å². The van der Waals surface area contributed by atoms with Crippen LogP contribution in [0.1, 0.15) is 51.9 Å². The molecular weight excluding hydrogens is 438 g/mol. The van der Waals surface area contributed by atoms with Gasteiger partial charge >= 0.3 is 5.97 Å². The average molecular weight is 478 g/mol. The van der Waals surface area contributed by atoms with Gasteiger partial charge in [-0.15, -0.1) is 0 Å². The first kappa shape index (κ1) is 28.0. The molecule has 1 amide bonds. The monoisotopic (exact) mass is 477 g/mol. The molecule has 34 heavy (non-hydrogen) atoms. The van der Waals surface area contributed by atoms with Crippen LogP contribution in [-0.4, -0.2) is 69.4 Å². The summed E-state index contributed by atoms with van der Waals surface area (Å²) < 4.78 is 5.33. The predicted molar refractivity (Wildman–Crippen MR) is 128 cm³/mol. The number of amides is 1. The van der Waals surface area contributed by atoms with Gasteiger partial charge in [-0.1, -0.05) is 49.8 Å². The maximum atomic E-state index is 11.6. The van der Waals surface area contributed by atoms with E-state index in [4.69, 9.17) is 4.74 Å². The molecule has 0 spiro atoms. The lowest BCUT2D eigenvalue weighted by molar-refractivity contribution is -0.143. The Labute approximate surface area is 201 Å². The third-order valence-electron chi connectivity index (χ3n) is 6.51. The lowest BCUT2D eigenvalue weighted by atomic mass is 9.86. The fourth-order valence-electron chi connectivity index (χ4n) is 4.38. The van der Waals surface area contributed by atoms with Crippen LogP contribution in [0.25, 0.3) is 0 Å². The van der Waals surface area contributed by atoms with Gasteiger partial charge in [0, 0.05) is 25.0 Å². The first-order valence-electron chi connectivity index (χ1n) is 12.1. The average Bonchev–Trinajstić information content (AvgIpc) is 2.81. The first-order valence-corrected chi connectivity index (χ1v) is 12.1. The maximum Gasteiger partial charge on any atom is 0.331 e. The number of ether oxygens (including phenoxy) is 1. The van der Waals surface area contributed by atoms with Gasteiger partial charge in [-0.2, -0.15) is 0 Å². The zero-order valence-electron chi connectivity index (χ0n) is 19.8. The predicted octanol–water partition coefficient (Wildman–Crippen LogP) is 1.69. The standard InChI is InChI=1S/C26H39NO7/c1-2-20-10-11-25(32)34-23(20)12-13-26(33,14-15-27-18-28)24(31)17-22(30)8-4-3-6-19-7-5-9-21(29)16-19/h3-4,6,8,10-13,18-24,29-31,33H,2,5,7,9,14-17H2,1H3,(H,27,28)/b6-3-,8-4-,13-12+/t19-,20+,21+,22+,23+,24-,26+/m1/s1. The molecule has 0 saturated heterocycles. The zero-order chi connectivity index (χ0) is 25.0. The van der Waals surface area contributed by atoms with Gasteiger partial charge in [0.15, 0.2) is 0 Å². The van der Waals surface area contributed by atoms with Crippen LogP contribution in [-0.2, 0) is 14.3 Å². The van der Waals surface area contributed by atoms with Gasteiger partial charge in [-0.3, -0.25) is 4.79 Å². The molecule has 2 aliphatic rings. The highest BCUT2D eigenvalue weighted by Gasteiger charge is 2.35. The van der Waals surface area contributed by atoms with E-state index in [9.17, 15) is 30.0 Å². The number of cyclic esters (lactones) is 1. The largest absolute Gasteiger partial charge is 0.454 e. The Morgan fingerprint density at radius 3 is 2.76 bits per heavy atom. The summed E-state index contributed by atoms with van der Waals surface area (Å²) >= 11 is 0. The Balaban J connectivity index is 2.00. The summed E-state index contributed by atoms with van der Waals surface area (Å²) in [7, 11) is 0. The number of esters is 1. The number of allylic oxidation sites excluding steroid dienone is 3. The fourth-order valence-corrected chi connectivity index (χ4v) is 4.38. The van der Waals surface area contributed by atoms with Crippen molar-refractivity contribution in [3.8, 4) is 0 Å². The van der Waals surface area contributed by atoms with Crippen molar-refractivity contribution in [3.05, 3.63) is 48.6 Å². The molecule has 0 radical (unpaired) electrons. The number of rotatable bonds is 13. The van der Waals surface area contributed by atoms with E-state index in [1.165, 1.54) is 18.2 Å². The van der Waals surface area contributed by atoms with E-state index in [2.05, 4.69) is 5.32 Å². The Bertz CT molecular complexity index is 762. The van der Waals surface area contributed by atoms with Crippen LogP contribution in [0.3, 0.4) is 0 Å². The van der Waals surface area contributed by atoms with Gasteiger partial charge in [-0.25, -0.2) is 4.79 Å². The first-order chi connectivity index (χ1) is 16.3. The van der Waals surface area contributed by atoms with Crippen LogP contribution in [0.2, 0.25) is 0 Å². The second-order valence-electron chi connectivity index (χ2n) is 9.17. The fraction of sp³-hybridized carbons (Fsp3) is 0.615. The number of hydrogen-bond acceptors (Lipinski definition) is 7. The second kappa shape index (κ2) is 14.2. The highest BCUT2D eigenvalue weighted by atomic mass is 16.5. The van der Waals surface area contributed by atoms with E-state index >= 15 is 0 Å². The van der Waals surface area contributed by atoms with E-state index in [-0.39, 0.29) is 31.4 Å². The topological polar surface area (TPSA) is 136 Å². The van der Waals surface area contributed by atoms with E-state index in [1.54, 1.807) is 18.2 Å². The van der Waals surface area contributed by atoms with Crippen molar-refractivity contribution in [2.24, 2.45) is 11.8 Å². The summed E-state index contributed by atoms with van der Waals surface area (Å²) in [5.41, 5.74) is -1.75. The number of carbonyl (C=O) groups is 2. The summed E-state index contributed by atoms with van der Waals surface area (Å²) in [4.78, 5) is 22.3. The minimum absolute atomic E-state index is 0.0110. The SMILES string of the molecule is CC[C@H]1C=CC(=O)O[C@H]1/C=C/[C@](O)(CCNC=O)[C@H](O)C[C@@H](O)/C=C\C=C/[C@@H]1CCC[C@H](O)C1. The van der Waals surface area contributed by atoms with Gasteiger partial charge in [-0.05, 0) is 44.1 Å². The van der Waals surface area contributed by atoms with Crippen molar-refractivity contribution in [2.45, 2.75) is 81.9 Å². The van der Waals surface area contributed by atoms with E-state index in [1.807, 2.05) is 19.1 Å². The minimum atomic E-state index is -1.75. The van der Waals surface area contributed by atoms with E-state index < -0.39 is 29.9 Å². The van der Waals surface area contributed by atoms with Crippen LogP contribution < -0.4 is 5.32 Å². The summed E-state index contributed by atoms with van der Waals surface area (Å²) in [6.45, 7) is 2.07. The van der Waals surface area contributed by atoms with Crippen molar-refractivity contribution < 1.29 is 34.8 Å². The molecule has 7 atom stereocenters. The Morgan fingerprint density at radius 1 is 1.26 bits per heavy atom. The quantitative estimate of drug-likeness (QED) is 0.0895. The van der Waals surface area contributed by atoms with Crippen molar-refractivity contribution in [3.63, 3.8) is 0 Å². The summed E-state index contributed by atoms with van der Waals surface area (Å²) in [5.74, 6) is -0.205. The van der Waals surface area contributed by atoms with Crippen molar-refractivity contribution in [2.75, 3.05) is 6.54 Å². The highest BCUT2D eigenvalue weighted by Crippen LogP contribution is 2.26. The number of carbonyl (C=O) groups excluding carboxylic acids is 2. The van der Waals surface area contributed by atoms with Gasteiger partial charge in [0.2, 0.25) is 6.41 Å². The lowest BCUT2D eigenvalue weighted by Gasteiger charge is -2.32. The third-order valence-corrected chi connectivity index (χ3v) is 6.51. The summed E-state index contributed by atoms with van der Waals surface area (Å²) in [6.07, 6.45) is 14.7. The normalized spacial score (nSPS) is 29.3. The molecule has 1 saturated carbocycles. The van der Waals surface area contributed by atoms with Crippen LogP contribution in [0.15, 0.2) is 48.6 Å². The zero-order valence-corrected chi connectivity index (χ0v) is 19.8. The Hall–Kier alpha value is -2.26. The molecule has 1 aliphatic carbocycles. The molecule has 5 N–H and O–H groups in total. The third kappa shape index (κ3) is 9.18. The van der Waals surface area contributed by atoms with Crippen LogP contribution in [0.4, 0.5) is 0 Å². The molecule has 0 unspecified atom stereocenters. The van der Waals surface area contributed by atoms with Gasteiger partial charge < -0.3 is 30.5 Å². The number of nitrogens with one attached hydrogen (secondary N) is 1. The van der Waals surface area contributed by atoms with Crippen molar-refractivity contribution in [1.29, 1.82) is 0 Å². The Kier molecular flexibility index (Phi) is 11.7. The van der Waals surface area contributed by atoms with E-state index in [0.29, 0.717) is 12.3 Å². The number of aliphatic hydroxyl groups excluding tert-OH is 3. The lowest BCUT2D eigenvalue weighted by Crippen LogP contribution is -2.44. The minimum Gasteiger partial charge on any atom is -0.454 e. The van der Waals surface area contributed by atoms with Crippen LogP contribution >= 0.6 is 0 Å². The van der Waals surface area contributed by atoms with Crippen molar-refractivity contribution >= 4 is 12.4 Å². The van der Waals surface area contributed by atoms with Crippen LogP contribution in [0, 0.1) is 11.8 Å². The summed E-state index contributed by atoms with van der Waals surface area (Å²) in [5, 5.41) is 44.5. The molecule has 0 aromatic heterocycles. The van der Waals surface area contributed by atoms with E-state index in [0.717, 1.165) is 32.1 Å². The Morgan fingerprint density at radius 2 is 2.06 bits per heavy atom. The number of hydrogen-bond donors (Lipinski definition) is 5. The molecular formula is C26H39NO7. The molecule has 0 aromatic carbocycles. The summed E-state index contributed by atoms with van der Waals surface area (Å²) in [6, 6.07) is 0. The molecule has 0 bridgehead atoms. The number of aliphatic hydroxyl groups is 4. The molecule has 8 nitrogen and oxygen atoms in total. The molecule has 1 heterocycles. The van der Waals surface area contributed by atoms with Gasteiger partial charge in [0.25, 0.3) is 0 Å². The van der Waals surface area contributed by atoms with Gasteiger partial charge in [0.1, 0.15) is 11.7 Å². The van der Waals surface area contributed by atoms with Crippen LogP contribution in [0.5, 0.6) is 0 Å².